The van der Waals surface area contributed by atoms with Crippen LogP contribution in [0.4, 0.5) is 0 Å². The first-order valence-corrected chi connectivity index (χ1v) is 14.1. The van der Waals surface area contributed by atoms with E-state index in [2.05, 4.69) is 89.9 Å². The second kappa shape index (κ2) is 10.8. The van der Waals surface area contributed by atoms with Gasteiger partial charge < -0.3 is 10.1 Å². The standard InChI is InChI=1S/C33H40N2O/c1-24-7-13-32-28(21-24)10-14-31(26-5-3-2-4-6-26)33(32)27-8-11-30(12-9-27)36-20-17-25-22-35(23-25)29-15-18-34-19-16-29/h2-9,11-13,21,25,29,31,33-34H,10,14-20,22-23H2,1H3/t31-,33+/m1/s1. The zero-order chi connectivity index (χ0) is 24.3. The summed E-state index contributed by atoms with van der Waals surface area (Å²) in [7, 11) is 0. The molecule has 1 N–H and O–H groups in total. The fourth-order valence-corrected chi connectivity index (χ4v) is 6.80. The molecular weight excluding hydrogens is 440 g/mol. The number of ether oxygens (including phenoxy) is 1. The van der Waals surface area contributed by atoms with E-state index in [-0.39, 0.29) is 0 Å². The summed E-state index contributed by atoms with van der Waals surface area (Å²) in [5, 5.41) is 3.48. The van der Waals surface area contributed by atoms with E-state index in [9.17, 15) is 0 Å². The normalized spacial score (nSPS) is 23.1. The quantitative estimate of drug-likeness (QED) is 0.429. The van der Waals surface area contributed by atoms with Crippen LogP contribution in [0.3, 0.4) is 0 Å². The summed E-state index contributed by atoms with van der Waals surface area (Å²) in [5.41, 5.74) is 7.23. The molecule has 2 atom stereocenters. The molecule has 2 aliphatic heterocycles. The van der Waals surface area contributed by atoms with Crippen molar-refractivity contribution in [2.45, 2.75) is 56.9 Å². The number of likely N-dealkylation sites (tertiary alicyclic amines) is 1. The number of hydrogen-bond acceptors (Lipinski definition) is 3. The van der Waals surface area contributed by atoms with Gasteiger partial charge in [-0.05, 0) is 98.3 Å². The molecule has 3 aliphatic rings. The summed E-state index contributed by atoms with van der Waals surface area (Å²) in [6, 6.07) is 28.0. The number of nitrogens with zero attached hydrogens (tertiary/aromatic N) is 1. The molecule has 3 heteroatoms. The lowest BCUT2D eigenvalue weighted by atomic mass is 9.69. The third kappa shape index (κ3) is 5.10. The Hall–Kier alpha value is -2.62. The maximum Gasteiger partial charge on any atom is 0.119 e. The average Bonchev–Trinajstić information content (AvgIpc) is 2.90. The van der Waals surface area contributed by atoms with Crippen LogP contribution in [0.5, 0.6) is 5.75 Å². The number of benzene rings is 3. The maximum absolute atomic E-state index is 6.20. The van der Waals surface area contributed by atoms with E-state index in [0.29, 0.717) is 11.8 Å². The van der Waals surface area contributed by atoms with E-state index in [1.807, 2.05) is 0 Å². The van der Waals surface area contributed by atoms with Crippen molar-refractivity contribution in [2.24, 2.45) is 5.92 Å². The van der Waals surface area contributed by atoms with Crippen LogP contribution in [0.15, 0.2) is 72.8 Å². The van der Waals surface area contributed by atoms with Gasteiger partial charge in [-0.15, -0.1) is 0 Å². The van der Waals surface area contributed by atoms with E-state index in [4.69, 9.17) is 4.74 Å². The van der Waals surface area contributed by atoms with Gasteiger partial charge >= 0.3 is 0 Å². The highest BCUT2D eigenvalue weighted by molar-refractivity contribution is 5.47. The number of nitrogens with one attached hydrogen (secondary N) is 1. The van der Waals surface area contributed by atoms with Crippen molar-refractivity contribution < 1.29 is 4.74 Å². The number of piperidine rings is 1. The minimum atomic E-state index is 0.391. The molecule has 2 heterocycles. The highest BCUT2D eigenvalue weighted by Crippen LogP contribution is 2.46. The van der Waals surface area contributed by atoms with E-state index in [1.165, 1.54) is 73.3 Å². The number of rotatable bonds is 7. The monoisotopic (exact) mass is 480 g/mol. The molecule has 188 valence electrons. The summed E-state index contributed by atoms with van der Waals surface area (Å²) in [6.07, 6.45) is 6.13. The minimum Gasteiger partial charge on any atom is -0.494 e. The molecule has 3 aromatic rings. The lowest BCUT2D eigenvalue weighted by Gasteiger charge is -2.46. The molecule has 3 aromatic carbocycles. The van der Waals surface area contributed by atoms with Crippen molar-refractivity contribution in [3.8, 4) is 5.75 Å². The van der Waals surface area contributed by atoms with Crippen LogP contribution in [0.2, 0.25) is 0 Å². The third-order valence-electron chi connectivity index (χ3n) is 8.83. The lowest BCUT2D eigenvalue weighted by Crippen LogP contribution is -2.55. The Labute approximate surface area is 216 Å². The van der Waals surface area contributed by atoms with Gasteiger partial charge in [0.25, 0.3) is 0 Å². The van der Waals surface area contributed by atoms with E-state index >= 15 is 0 Å². The maximum atomic E-state index is 6.20. The fourth-order valence-electron chi connectivity index (χ4n) is 6.80. The molecule has 3 nitrogen and oxygen atoms in total. The van der Waals surface area contributed by atoms with Crippen LogP contribution in [-0.4, -0.2) is 43.7 Å². The summed E-state index contributed by atoms with van der Waals surface area (Å²) in [6.45, 7) is 7.91. The second-order valence-electron chi connectivity index (χ2n) is 11.2. The van der Waals surface area contributed by atoms with Gasteiger partial charge in [-0.3, -0.25) is 4.90 Å². The predicted octanol–water partition coefficient (Wildman–Crippen LogP) is 6.31. The molecular formula is C33H40N2O. The first kappa shape index (κ1) is 23.8. The van der Waals surface area contributed by atoms with E-state index < -0.39 is 0 Å². The van der Waals surface area contributed by atoms with Crippen LogP contribution in [0.25, 0.3) is 0 Å². The van der Waals surface area contributed by atoms with Gasteiger partial charge in [-0.2, -0.15) is 0 Å². The molecule has 0 saturated carbocycles. The van der Waals surface area contributed by atoms with Gasteiger partial charge in [0.1, 0.15) is 5.75 Å². The van der Waals surface area contributed by atoms with Crippen LogP contribution >= 0.6 is 0 Å². The number of fused-ring (bicyclic) bond motifs is 1. The molecule has 1 aliphatic carbocycles. The minimum absolute atomic E-state index is 0.391. The molecule has 6 rings (SSSR count). The summed E-state index contributed by atoms with van der Waals surface area (Å²) >= 11 is 0. The first-order chi connectivity index (χ1) is 17.7. The Bertz CT molecular complexity index is 1130. The molecule has 0 spiro atoms. The fraction of sp³-hybridized carbons (Fsp3) is 0.455. The molecule has 0 unspecified atom stereocenters. The van der Waals surface area contributed by atoms with Gasteiger partial charge in [-0.1, -0.05) is 66.2 Å². The van der Waals surface area contributed by atoms with Crippen LogP contribution in [-0.2, 0) is 6.42 Å². The van der Waals surface area contributed by atoms with Gasteiger partial charge in [0.05, 0.1) is 6.61 Å². The Morgan fingerprint density at radius 3 is 2.42 bits per heavy atom. The molecule has 0 bridgehead atoms. The zero-order valence-electron chi connectivity index (χ0n) is 21.7. The molecule has 0 radical (unpaired) electrons. The second-order valence-corrected chi connectivity index (χ2v) is 11.2. The Morgan fingerprint density at radius 1 is 0.861 bits per heavy atom. The van der Waals surface area contributed by atoms with Crippen molar-refractivity contribution in [1.29, 1.82) is 0 Å². The Balaban J connectivity index is 1.10. The van der Waals surface area contributed by atoms with Crippen molar-refractivity contribution in [2.75, 3.05) is 32.8 Å². The van der Waals surface area contributed by atoms with Crippen molar-refractivity contribution in [3.63, 3.8) is 0 Å². The van der Waals surface area contributed by atoms with Crippen LogP contribution in [0.1, 0.15) is 65.3 Å². The topological polar surface area (TPSA) is 24.5 Å². The Morgan fingerprint density at radius 2 is 1.64 bits per heavy atom. The van der Waals surface area contributed by atoms with E-state index in [1.54, 1.807) is 0 Å². The van der Waals surface area contributed by atoms with Crippen LogP contribution < -0.4 is 10.1 Å². The number of hydrogen-bond donors (Lipinski definition) is 1. The number of aryl methyl sites for hydroxylation is 2. The zero-order valence-corrected chi connectivity index (χ0v) is 21.7. The molecule has 0 aromatic heterocycles. The third-order valence-corrected chi connectivity index (χ3v) is 8.83. The van der Waals surface area contributed by atoms with Crippen molar-refractivity contribution in [3.05, 3.63) is 101 Å². The Kier molecular flexibility index (Phi) is 7.12. The highest BCUT2D eigenvalue weighted by Gasteiger charge is 2.33. The lowest BCUT2D eigenvalue weighted by molar-refractivity contribution is 0.0281. The molecule has 0 amide bonds. The summed E-state index contributed by atoms with van der Waals surface area (Å²) in [4.78, 5) is 2.69. The summed E-state index contributed by atoms with van der Waals surface area (Å²) < 4.78 is 6.20. The van der Waals surface area contributed by atoms with Gasteiger partial charge in [-0.25, -0.2) is 0 Å². The largest absolute Gasteiger partial charge is 0.494 e. The highest BCUT2D eigenvalue weighted by atomic mass is 16.5. The smallest absolute Gasteiger partial charge is 0.119 e. The molecule has 2 fully saturated rings. The van der Waals surface area contributed by atoms with Gasteiger partial charge in [0, 0.05) is 25.0 Å². The van der Waals surface area contributed by atoms with Crippen molar-refractivity contribution >= 4 is 0 Å². The predicted molar refractivity (Wildman–Crippen MR) is 148 cm³/mol. The SMILES string of the molecule is Cc1ccc2c(c1)CC[C@H](c1ccccc1)[C@@H]2c1ccc(OCCC2CN(C3CCNCC3)C2)cc1. The average molecular weight is 481 g/mol. The van der Waals surface area contributed by atoms with E-state index in [0.717, 1.165) is 37.2 Å². The van der Waals surface area contributed by atoms with Gasteiger partial charge in [0.15, 0.2) is 0 Å². The molecule has 2 saturated heterocycles. The molecule has 36 heavy (non-hydrogen) atoms. The van der Waals surface area contributed by atoms with Crippen LogP contribution in [0, 0.1) is 12.8 Å². The van der Waals surface area contributed by atoms with Crippen molar-refractivity contribution in [1.82, 2.24) is 10.2 Å². The first-order valence-electron chi connectivity index (χ1n) is 14.1. The van der Waals surface area contributed by atoms with Gasteiger partial charge in [0.2, 0.25) is 0 Å². The summed E-state index contributed by atoms with van der Waals surface area (Å²) in [5.74, 6) is 2.70.